The van der Waals surface area contributed by atoms with Crippen molar-refractivity contribution in [2.45, 2.75) is 25.8 Å². The van der Waals surface area contributed by atoms with E-state index in [1.54, 1.807) is 21.3 Å². The van der Waals surface area contributed by atoms with Gasteiger partial charge in [-0.05, 0) is 79.3 Å². The molecule has 32 heavy (non-hydrogen) atoms. The van der Waals surface area contributed by atoms with Gasteiger partial charge in [-0.3, -0.25) is 4.90 Å². The number of methoxy groups -OCH3 is 3. The van der Waals surface area contributed by atoms with E-state index in [2.05, 4.69) is 21.9 Å². The number of nitrogens with zero attached hydrogens (tertiary/aromatic N) is 2. The highest BCUT2D eigenvalue weighted by molar-refractivity contribution is 5.48. The van der Waals surface area contributed by atoms with Crippen LogP contribution in [0.1, 0.15) is 24.0 Å². The summed E-state index contributed by atoms with van der Waals surface area (Å²) in [6.45, 7) is 7.54. The Hall–Kier alpha value is -2.44. The molecule has 0 amide bonds. The number of benzene rings is 2. The quantitative estimate of drug-likeness (QED) is 0.523. The molecule has 0 saturated carbocycles. The normalized spacial score (nSPS) is 18.9. The second-order valence-corrected chi connectivity index (χ2v) is 8.79. The lowest BCUT2D eigenvalue weighted by Gasteiger charge is -2.31. The van der Waals surface area contributed by atoms with Gasteiger partial charge in [0.1, 0.15) is 11.5 Å². The fourth-order valence-corrected chi connectivity index (χ4v) is 4.88. The van der Waals surface area contributed by atoms with Crippen molar-refractivity contribution in [1.82, 2.24) is 9.80 Å². The first kappa shape index (κ1) is 22.7. The maximum absolute atomic E-state index is 5.87. The summed E-state index contributed by atoms with van der Waals surface area (Å²) in [4.78, 5) is 5.20. The minimum absolute atomic E-state index is 0.749. The van der Waals surface area contributed by atoms with E-state index >= 15 is 0 Å². The summed E-state index contributed by atoms with van der Waals surface area (Å²) < 4.78 is 22.0. The van der Waals surface area contributed by atoms with E-state index in [4.69, 9.17) is 18.9 Å². The van der Waals surface area contributed by atoms with Crippen LogP contribution < -0.4 is 18.9 Å². The van der Waals surface area contributed by atoms with Crippen LogP contribution in [0, 0.1) is 5.92 Å². The molecule has 0 aromatic heterocycles. The summed E-state index contributed by atoms with van der Waals surface area (Å²) in [6, 6.07) is 12.1. The average molecular weight is 441 g/mol. The molecular formula is C26H36N2O4. The smallest absolute Gasteiger partial charge is 0.161 e. The largest absolute Gasteiger partial charge is 0.497 e. The minimum atomic E-state index is 0.749. The molecule has 1 fully saturated rings. The van der Waals surface area contributed by atoms with Gasteiger partial charge in [0.2, 0.25) is 0 Å². The van der Waals surface area contributed by atoms with Gasteiger partial charge >= 0.3 is 0 Å². The molecule has 6 heteroatoms. The van der Waals surface area contributed by atoms with Crippen molar-refractivity contribution >= 4 is 0 Å². The fourth-order valence-electron chi connectivity index (χ4n) is 4.88. The monoisotopic (exact) mass is 440 g/mol. The molecule has 4 rings (SSSR count). The van der Waals surface area contributed by atoms with Crippen molar-refractivity contribution in [1.29, 1.82) is 0 Å². The van der Waals surface area contributed by atoms with Crippen LogP contribution in [-0.2, 0) is 13.0 Å². The van der Waals surface area contributed by atoms with Crippen LogP contribution in [0.15, 0.2) is 36.4 Å². The molecule has 0 radical (unpaired) electrons. The third kappa shape index (κ3) is 5.67. The van der Waals surface area contributed by atoms with Gasteiger partial charge in [0.15, 0.2) is 11.5 Å². The van der Waals surface area contributed by atoms with E-state index in [0.29, 0.717) is 0 Å². The summed E-state index contributed by atoms with van der Waals surface area (Å²) in [6.07, 6.45) is 3.42. The summed E-state index contributed by atoms with van der Waals surface area (Å²) in [5.41, 5.74) is 2.77. The Bertz CT molecular complexity index is 871. The van der Waals surface area contributed by atoms with E-state index in [9.17, 15) is 0 Å². The maximum Gasteiger partial charge on any atom is 0.161 e. The third-order valence-electron chi connectivity index (χ3n) is 6.63. The molecule has 6 nitrogen and oxygen atoms in total. The standard InChI is InChI=1S/C26H36N2O4/c1-29-23-5-7-24(8-6-23)32-14-4-11-27-12-9-20(17-27)18-28-13-10-21-15-25(30-2)26(31-3)16-22(21)19-28/h5-8,15-16,20H,4,9-14,17-19H2,1-3H3. The Balaban J connectivity index is 1.18. The zero-order valence-corrected chi connectivity index (χ0v) is 19.6. The maximum atomic E-state index is 5.87. The van der Waals surface area contributed by atoms with Crippen molar-refractivity contribution in [3.63, 3.8) is 0 Å². The number of fused-ring (bicyclic) bond motifs is 1. The Labute approximate surface area is 192 Å². The van der Waals surface area contributed by atoms with Crippen LogP contribution in [0.25, 0.3) is 0 Å². The molecule has 2 aromatic rings. The molecule has 1 atom stereocenters. The lowest BCUT2D eigenvalue weighted by Crippen LogP contribution is -2.35. The summed E-state index contributed by atoms with van der Waals surface area (Å²) >= 11 is 0. The van der Waals surface area contributed by atoms with Crippen LogP contribution in [0.3, 0.4) is 0 Å². The molecule has 0 spiro atoms. The summed E-state index contributed by atoms with van der Waals surface area (Å²) in [5, 5.41) is 0. The van der Waals surface area contributed by atoms with Crippen LogP contribution in [-0.4, -0.2) is 70.5 Å². The Morgan fingerprint density at radius 3 is 2.28 bits per heavy atom. The van der Waals surface area contributed by atoms with Crippen LogP contribution in [0.5, 0.6) is 23.0 Å². The van der Waals surface area contributed by atoms with Gasteiger partial charge in [-0.1, -0.05) is 0 Å². The summed E-state index contributed by atoms with van der Waals surface area (Å²) in [7, 11) is 5.09. The Morgan fingerprint density at radius 2 is 1.56 bits per heavy atom. The molecule has 0 N–H and O–H groups in total. The van der Waals surface area contributed by atoms with E-state index in [1.165, 1.54) is 37.2 Å². The van der Waals surface area contributed by atoms with Crippen molar-refractivity contribution in [2.75, 3.05) is 60.7 Å². The topological polar surface area (TPSA) is 43.4 Å². The van der Waals surface area contributed by atoms with Crippen molar-refractivity contribution in [3.8, 4) is 23.0 Å². The summed E-state index contributed by atoms with van der Waals surface area (Å²) in [5.74, 6) is 4.18. The van der Waals surface area contributed by atoms with Crippen molar-refractivity contribution < 1.29 is 18.9 Å². The van der Waals surface area contributed by atoms with Gasteiger partial charge in [-0.25, -0.2) is 0 Å². The molecule has 2 aromatic carbocycles. The fraction of sp³-hybridized carbons (Fsp3) is 0.538. The Morgan fingerprint density at radius 1 is 0.844 bits per heavy atom. The van der Waals surface area contributed by atoms with Gasteiger partial charge in [0.05, 0.1) is 27.9 Å². The number of rotatable bonds is 10. The van der Waals surface area contributed by atoms with E-state index in [0.717, 1.165) is 68.0 Å². The molecule has 0 aliphatic carbocycles. The molecule has 1 saturated heterocycles. The number of ether oxygens (including phenoxy) is 4. The predicted octanol–water partition coefficient (Wildman–Crippen LogP) is 3.86. The first-order valence-electron chi connectivity index (χ1n) is 11.6. The number of hydrogen-bond acceptors (Lipinski definition) is 6. The Kier molecular flexibility index (Phi) is 7.76. The predicted molar refractivity (Wildman–Crippen MR) is 126 cm³/mol. The lowest BCUT2D eigenvalue weighted by atomic mass is 9.97. The van der Waals surface area contributed by atoms with Gasteiger partial charge < -0.3 is 23.8 Å². The first-order chi connectivity index (χ1) is 15.7. The first-order valence-corrected chi connectivity index (χ1v) is 11.6. The van der Waals surface area contributed by atoms with Gasteiger partial charge in [0.25, 0.3) is 0 Å². The minimum Gasteiger partial charge on any atom is -0.497 e. The van der Waals surface area contributed by atoms with Crippen molar-refractivity contribution in [2.24, 2.45) is 5.92 Å². The molecule has 2 heterocycles. The number of hydrogen-bond donors (Lipinski definition) is 0. The van der Waals surface area contributed by atoms with Gasteiger partial charge in [0, 0.05) is 32.7 Å². The highest BCUT2D eigenvalue weighted by atomic mass is 16.5. The van der Waals surface area contributed by atoms with E-state index in [1.807, 2.05) is 24.3 Å². The molecule has 0 bridgehead atoms. The van der Waals surface area contributed by atoms with Gasteiger partial charge in [-0.2, -0.15) is 0 Å². The molecule has 174 valence electrons. The second-order valence-electron chi connectivity index (χ2n) is 8.79. The highest BCUT2D eigenvalue weighted by Crippen LogP contribution is 2.33. The SMILES string of the molecule is COc1ccc(OCCCN2CCC(CN3CCc4cc(OC)c(OC)cc4C3)C2)cc1. The number of likely N-dealkylation sites (tertiary alicyclic amines) is 1. The van der Waals surface area contributed by atoms with E-state index in [-0.39, 0.29) is 0 Å². The zero-order chi connectivity index (χ0) is 22.3. The molecular weight excluding hydrogens is 404 g/mol. The molecule has 2 aliphatic heterocycles. The third-order valence-corrected chi connectivity index (χ3v) is 6.63. The van der Waals surface area contributed by atoms with Crippen molar-refractivity contribution in [3.05, 3.63) is 47.5 Å². The lowest BCUT2D eigenvalue weighted by molar-refractivity contribution is 0.206. The van der Waals surface area contributed by atoms with Crippen LogP contribution in [0.4, 0.5) is 0 Å². The molecule has 2 aliphatic rings. The second kappa shape index (κ2) is 10.9. The highest BCUT2D eigenvalue weighted by Gasteiger charge is 2.26. The van der Waals surface area contributed by atoms with Crippen LogP contribution in [0.2, 0.25) is 0 Å². The average Bonchev–Trinajstić information content (AvgIpc) is 3.28. The molecule has 1 unspecified atom stereocenters. The van der Waals surface area contributed by atoms with E-state index < -0.39 is 0 Å². The van der Waals surface area contributed by atoms with Crippen LogP contribution >= 0.6 is 0 Å². The van der Waals surface area contributed by atoms with Gasteiger partial charge in [-0.15, -0.1) is 0 Å². The zero-order valence-electron chi connectivity index (χ0n) is 19.6.